The van der Waals surface area contributed by atoms with Gasteiger partial charge in [-0.15, -0.1) is 0 Å². The van der Waals surface area contributed by atoms with Gasteiger partial charge >= 0.3 is 0 Å². The van der Waals surface area contributed by atoms with Crippen LogP contribution < -0.4 is 5.32 Å². The smallest absolute Gasteiger partial charge is 0.222 e. The molecule has 1 aliphatic rings. The van der Waals surface area contributed by atoms with Crippen molar-refractivity contribution in [3.63, 3.8) is 0 Å². The Labute approximate surface area is 93.2 Å². The molecular weight excluding hydrogens is 188 g/mol. The van der Waals surface area contributed by atoms with Crippen LogP contribution in [0.15, 0.2) is 0 Å². The summed E-state index contributed by atoms with van der Waals surface area (Å²) in [6, 6.07) is 1.03. The summed E-state index contributed by atoms with van der Waals surface area (Å²) in [5, 5.41) is 3.63. The first-order valence-electron chi connectivity index (χ1n) is 6.04. The summed E-state index contributed by atoms with van der Waals surface area (Å²) >= 11 is 0. The highest BCUT2D eigenvalue weighted by Crippen LogP contribution is 2.13. The first kappa shape index (κ1) is 12.5. The van der Waals surface area contributed by atoms with Gasteiger partial charge in [-0.25, -0.2) is 0 Å². The summed E-state index contributed by atoms with van der Waals surface area (Å²) in [5.74, 6) is 0.983. The standard InChI is InChI=1S/C12H24N2O/c1-5-9(2)10(3)13-11-6-7-12(15)14(4)8-11/h9-11,13H,5-8H2,1-4H3. The van der Waals surface area contributed by atoms with E-state index in [1.165, 1.54) is 6.42 Å². The van der Waals surface area contributed by atoms with E-state index < -0.39 is 0 Å². The second-order valence-corrected chi connectivity index (χ2v) is 4.85. The van der Waals surface area contributed by atoms with E-state index in [4.69, 9.17) is 0 Å². The largest absolute Gasteiger partial charge is 0.344 e. The number of likely N-dealkylation sites (tertiary alicyclic amines) is 1. The molecule has 1 amide bonds. The summed E-state index contributed by atoms with van der Waals surface area (Å²) in [4.78, 5) is 13.2. The van der Waals surface area contributed by atoms with Crippen LogP contribution in [0.2, 0.25) is 0 Å². The number of hydrogen-bond donors (Lipinski definition) is 1. The van der Waals surface area contributed by atoms with Gasteiger partial charge in [0.2, 0.25) is 5.91 Å². The highest BCUT2D eigenvalue weighted by Gasteiger charge is 2.24. The molecule has 1 rings (SSSR count). The monoisotopic (exact) mass is 212 g/mol. The number of hydrogen-bond acceptors (Lipinski definition) is 2. The van der Waals surface area contributed by atoms with Crippen molar-refractivity contribution in [3.05, 3.63) is 0 Å². The van der Waals surface area contributed by atoms with Crippen molar-refractivity contribution in [2.75, 3.05) is 13.6 Å². The van der Waals surface area contributed by atoms with Crippen molar-refractivity contribution in [1.82, 2.24) is 10.2 Å². The Morgan fingerprint density at radius 2 is 2.20 bits per heavy atom. The normalized spacial score (nSPS) is 26.5. The molecule has 1 saturated heterocycles. The van der Waals surface area contributed by atoms with Gasteiger partial charge in [-0.2, -0.15) is 0 Å². The van der Waals surface area contributed by atoms with Crippen LogP contribution in [0.4, 0.5) is 0 Å². The van der Waals surface area contributed by atoms with Crippen LogP contribution in [0.5, 0.6) is 0 Å². The third-order valence-electron chi connectivity index (χ3n) is 3.62. The molecule has 0 aromatic carbocycles. The molecule has 0 radical (unpaired) electrons. The Hall–Kier alpha value is -0.570. The van der Waals surface area contributed by atoms with E-state index in [1.807, 2.05) is 11.9 Å². The molecule has 1 heterocycles. The number of likely N-dealkylation sites (N-methyl/N-ethyl adjacent to an activating group) is 1. The summed E-state index contributed by atoms with van der Waals surface area (Å²) in [6.45, 7) is 7.60. The summed E-state index contributed by atoms with van der Waals surface area (Å²) in [6.07, 6.45) is 2.89. The second kappa shape index (κ2) is 5.50. The number of nitrogens with one attached hydrogen (secondary N) is 1. The maximum absolute atomic E-state index is 11.3. The van der Waals surface area contributed by atoms with Crippen molar-refractivity contribution >= 4 is 5.91 Å². The third kappa shape index (κ3) is 3.49. The van der Waals surface area contributed by atoms with Crippen LogP contribution in [-0.4, -0.2) is 36.5 Å². The van der Waals surface area contributed by atoms with E-state index in [0.717, 1.165) is 13.0 Å². The lowest BCUT2D eigenvalue weighted by Crippen LogP contribution is -2.50. The second-order valence-electron chi connectivity index (χ2n) is 4.85. The van der Waals surface area contributed by atoms with E-state index >= 15 is 0 Å². The van der Waals surface area contributed by atoms with Crippen LogP contribution in [-0.2, 0) is 4.79 Å². The maximum atomic E-state index is 11.3. The molecular formula is C12H24N2O. The molecule has 0 spiro atoms. The van der Waals surface area contributed by atoms with Gasteiger partial charge in [0.05, 0.1) is 0 Å². The first-order valence-corrected chi connectivity index (χ1v) is 6.04. The fraction of sp³-hybridized carbons (Fsp3) is 0.917. The summed E-state index contributed by atoms with van der Waals surface area (Å²) < 4.78 is 0. The van der Waals surface area contributed by atoms with Gasteiger partial charge in [0, 0.05) is 32.1 Å². The zero-order valence-corrected chi connectivity index (χ0v) is 10.4. The zero-order valence-electron chi connectivity index (χ0n) is 10.4. The van der Waals surface area contributed by atoms with Crippen LogP contribution >= 0.6 is 0 Å². The predicted molar refractivity (Wildman–Crippen MR) is 62.7 cm³/mol. The van der Waals surface area contributed by atoms with Crippen molar-refractivity contribution in [1.29, 1.82) is 0 Å². The number of piperidine rings is 1. The van der Waals surface area contributed by atoms with Crippen molar-refractivity contribution < 1.29 is 4.79 Å². The highest BCUT2D eigenvalue weighted by molar-refractivity contribution is 5.76. The number of rotatable bonds is 4. The minimum Gasteiger partial charge on any atom is -0.344 e. The zero-order chi connectivity index (χ0) is 11.4. The molecule has 0 aliphatic carbocycles. The molecule has 0 saturated carbocycles. The van der Waals surface area contributed by atoms with E-state index in [2.05, 4.69) is 26.1 Å². The first-order chi connectivity index (χ1) is 7.04. The van der Waals surface area contributed by atoms with Crippen molar-refractivity contribution in [3.8, 4) is 0 Å². The minimum absolute atomic E-state index is 0.282. The Morgan fingerprint density at radius 3 is 2.73 bits per heavy atom. The fourth-order valence-corrected chi connectivity index (χ4v) is 2.04. The van der Waals surface area contributed by atoms with Crippen LogP contribution in [0.1, 0.15) is 40.0 Å². The van der Waals surface area contributed by atoms with Crippen LogP contribution in [0, 0.1) is 5.92 Å². The number of nitrogens with zero attached hydrogens (tertiary/aromatic N) is 1. The quantitative estimate of drug-likeness (QED) is 0.768. The molecule has 3 heteroatoms. The molecule has 3 atom stereocenters. The summed E-state index contributed by atoms with van der Waals surface area (Å²) in [7, 11) is 1.89. The van der Waals surface area contributed by atoms with Crippen LogP contribution in [0.3, 0.4) is 0 Å². The van der Waals surface area contributed by atoms with Gasteiger partial charge in [-0.1, -0.05) is 20.3 Å². The summed E-state index contributed by atoms with van der Waals surface area (Å²) in [5.41, 5.74) is 0. The van der Waals surface area contributed by atoms with Gasteiger partial charge in [0.1, 0.15) is 0 Å². The van der Waals surface area contributed by atoms with Crippen molar-refractivity contribution in [2.24, 2.45) is 5.92 Å². The maximum Gasteiger partial charge on any atom is 0.222 e. The Kier molecular flexibility index (Phi) is 4.58. The Bertz CT molecular complexity index is 218. The van der Waals surface area contributed by atoms with E-state index in [1.54, 1.807) is 0 Å². The van der Waals surface area contributed by atoms with E-state index in [0.29, 0.717) is 24.4 Å². The molecule has 0 aromatic rings. The fourth-order valence-electron chi connectivity index (χ4n) is 2.04. The lowest BCUT2D eigenvalue weighted by molar-refractivity contribution is -0.132. The highest BCUT2D eigenvalue weighted by atomic mass is 16.2. The Morgan fingerprint density at radius 1 is 1.53 bits per heavy atom. The molecule has 1 N–H and O–H groups in total. The molecule has 3 unspecified atom stereocenters. The molecule has 88 valence electrons. The lowest BCUT2D eigenvalue weighted by Gasteiger charge is -2.33. The van der Waals surface area contributed by atoms with Gasteiger partial charge in [0.25, 0.3) is 0 Å². The topological polar surface area (TPSA) is 32.3 Å². The number of amides is 1. The molecule has 15 heavy (non-hydrogen) atoms. The van der Waals surface area contributed by atoms with E-state index in [-0.39, 0.29) is 5.91 Å². The average Bonchev–Trinajstić information content (AvgIpc) is 2.22. The number of carbonyl (C=O) groups is 1. The lowest BCUT2D eigenvalue weighted by atomic mass is 9.98. The third-order valence-corrected chi connectivity index (χ3v) is 3.62. The molecule has 0 bridgehead atoms. The van der Waals surface area contributed by atoms with Gasteiger partial charge < -0.3 is 10.2 Å². The molecule has 0 aromatic heterocycles. The van der Waals surface area contributed by atoms with Crippen molar-refractivity contribution in [2.45, 2.75) is 52.1 Å². The Balaban J connectivity index is 2.36. The number of carbonyl (C=O) groups excluding carboxylic acids is 1. The van der Waals surface area contributed by atoms with Gasteiger partial charge in [-0.3, -0.25) is 4.79 Å². The van der Waals surface area contributed by atoms with Gasteiger partial charge in [-0.05, 0) is 19.3 Å². The van der Waals surface area contributed by atoms with Gasteiger partial charge in [0.15, 0.2) is 0 Å². The SMILES string of the molecule is CCC(C)C(C)NC1CCC(=O)N(C)C1. The molecule has 1 fully saturated rings. The molecule has 1 aliphatic heterocycles. The molecule has 3 nitrogen and oxygen atoms in total. The predicted octanol–water partition coefficient (Wildman–Crippen LogP) is 1.63. The van der Waals surface area contributed by atoms with E-state index in [9.17, 15) is 4.79 Å². The van der Waals surface area contributed by atoms with Crippen LogP contribution in [0.25, 0.3) is 0 Å². The average molecular weight is 212 g/mol. The minimum atomic E-state index is 0.282.